The molecule has 0 atom stereocenters. The number of nitrogens with one attached hydrogen (secondary N) is 2. The molecule has 174 valence electrons. The van der Waals surface area contributed by atoms with Gasteiger partial charge in [-0.05, 0) is 62.6 Å². The van der Waals surface area contributed by atoms with Crippen LogP contribution in [0.4, 0.5) is 5.69 Å². The number of aromatic nitrogens is 1. The Morgan fingerprint density at radius 1 is 0.882 bits per heavy atom. The van der Waals surface area contributed by atoms with E-state index in [1.54, 1.807) is 0 Å². The number of anilines is 1. The Hall–Kier alpha value is -3.57. The summed E-state index contributed by atoms with van der Waals surface area (Å²) in [4.78, 5) is 4.62. The van der Waals surface area contributed by atoms with Crippen LogP contribution < -0.4 is 20.1 Å². The van der Waals surface area contributed by atoms with Gasteiger partial charge in [-0.25, -0.2) is 0 Å². The molecule has 1 aliphatic rings. The standard InChI is InChI=1S/C29H31N3O2/c1-20-13-21(2)15-23(14-20)16-22-7-8-25-26(9-12-32-27(25)17-22)31-11-4-10-30-18-24-5-3-6-28-29(24)34-19-33-28/h3,5-9,12-15,17,30H,4,10-11,16,18-19H2,1-2H3,(H,31,32). The van der Waals surface area contributed by atoms with Gasteiger partial charge in [-0.15, -0.1) is 0 Å². The number of hydrogen-bond acceptors (Lipinski definition) is 5. The summed E-state index contributed by atoms with van der Waals surface area (Å²) in [6, 6.07) is 21.5. The van der Waals surface area contributed by atoms with E-state index in [0.29, 0.717) is 6.79 Å². The second-order valence-corrected chi connectivity index (χ2v) is 8.99. The van der Waals surface area contributed by atoms with Crippen LogP contribution >= 0.6 is 0 Å². The quantitative estimate of drug-likeness (QED) is 0.316. The topological polar surface area (TPSA) is 55.4 Å². The summed E-state index contributed by atoms with van der Waals surface area (Å²) >= 11 is 0. The molecule has 0 aliphatic carbocycles. The minimum Gasteiger partial charge on any atom is -0.454 e. The molecular weight excluding hydrogens is 422 g/mol. The first-order chi connectivity index (χ1) is 16.7. The molecule has 0 saturated heterocycles. The Bertz CT molecular complexity index is 1280. The summed E-state index contributed by atoms with van der Waals surface area (Å²) in [7, 11) is 0. The maximum Gasteiger partial charge on any atom is 0.231 e. The van der Waals surface area contributed by atoms with Gasteiger partial charge in [0.05, 0.1) is 5.52 Å². The Balaban J connectivity index is 1.15. The van der Waals surface area contributed by atoms with Crippen LogP contribution in [0.1, 0.15) is 34.2 Å². The molecule has 2 N–H and O–H groups in total. The lowest BCUT2D eigenvalue weighted by Crippen LogP contribution is -2.18. The minimum atomic E-state index is 0.309. The van der Waals surface area contributed by atoms with Crippen LogP contribution in [-0.2, 0) is 13.0 Å². The van der Waals surface area contributed by atoms with Crippen LogP contribution in [0.15, 0.2) is 66.9 Å². The number of benzene rings is 3. The van der Waals surface area contributed by atoms with E-state index in [9.17, 15) is 0 Å². The monoisotopic (exact) mass is 453 g/mol. The Kier molecular flexibility index (Phi) is 6.63. The Morgan fingerprint density at radius 3 is 2.65 bits per heavy atom. The van der Waals surface area contributed by atoms with Crippen molar-refractivity contribution in [3.63, 3.8) is 0 Å². The van der Waals surface area contributed by atoms with Gasteiger partial charge in [0.15, 0.2) is 11.5 Å². The molecule has 0 bridgehead atoms. The van der Waals surface area contributed by atoms with Gasteiger partial charge >= 0.3 is 0 Å². The first-order valence-corrected chi connectivity index (χ1v) is 11.9. The first kappa shape index (κ1) is 22.2. The van der Waals surface area contributed by atoms with Crippen molar-refractivity contribution in [3.05, 3.63) is 94.7 Å². The van der Waals surface area contributed by atoms with E-state index < -0.39 is 0 Å². The lowest BCUT2D eigenvalue weighted by molar-refractivity contribution is 0.173. The van der Waals surface area contributed by atoms with E-state index in [2.05, 4.69) is 78.0 Å². The fraction of sp³-hybridized carbons (Fsp3) is 0.276. The van der Waals surface area contributed by atoms with E-state index >= 15 is 0 Å². The zero-order chi connectivity index (χ0) is 23.3. The molecule has 0 fully saturated rings. The van der Waals surface area contributed by atoms with Crippen molar-refractivity contribution in [1.82, 2.24) is 10.3 Å². The van der Waals surface area contributed by atoms with Crippen molar-refractivity contribution in [1.29, 1.82) is 0 Å². The average molecular weight is 454 g/mol. The van der Waals surface area contributed by atoms with Gasteiger partial charge in [0.25, 0.3) is 0 Å². The third-order valence-corrected chi connectivity index (χ3v) is 6.14. The van der Waals surface area contributed by atoms with Gasteiger partial charge in [-0.3, -0.25) is 4.98 Å². The summed E-state index contributed by atoms with van der Waals surface area (Å²) < 4.78 is 11.0. The van der Waals surface area contributed by atoms with Gasteiger partial charge in [0, 0.05) is 35.9 Å². The number of aryl methyl sites for hydroxylation is 2. The predicted molar refractivity (Wildman–Crippen MR) is 138 cm³/mol. The third kappa shape index (κ3) is 5.15. The van der Waals surface area contributed by atoms with Crippen molar-refractivity contribution in [2.75, 3.05) is 25.2 Å². The van der Waals surface area contributed by atoms with Crippen molar-refractivity contribution in [2.45, 2.75) is 33.2 Å². The van der Waals surface area contributed by atoms with Crippen LogP contribution in [0.25, 0.3) is 10.9 Å². The van der Waals surface area contributed by atoms with Gasteiger partial charge in [-0.2, -0.15) is 0 Å². The molecule has 1 aliphatic heterocycles. The van der Waals surface area contributed by atoms with E-state index in [4.69, 9.17) is 9.47 Å². The molecule has 0 unspecified atom stereocenters. The number of pyridine rings is 1. The molecule has 0 radical (unpaired) electrons. The van der Waals surface area contributed by atoms with E-state index in [1.165, 1.54) is 22.3 Å². The molecular formula is C29H31N3O2. The number of para-hydroxylation sites is 1. The first-order valence-electron chi connectivity index (χ1n) is 11.9. The van der Waals surface area contributed by atoms with Gasteiger partial charge in [-0.1, -0.05) is 53.6 Å². The van der Waals surface area contributed by atoms with Gasteiger partial charge in [0.1, 0.15) is 0 Å². The van der Waals surface area contributed by atoms with Crippen LogP contribution in [0.5, 0.6) is 11.5 Å². The molecule has 0 saturated carbocycles. The minimum absolute atomic E-state index is 0.309. The summed E-state index contributed by atoms with van der Waals surface area (Å²) in [6.45, 7) is 7.20. The van der Waals surface area contributed by atoms with Gasteiger partial charge < -0.3 is 20.1 Å². The molecule has 5 rings (SSSR count). The molecule has 2 heterocycles. The highest BCUT2D eigenvalue weighted by Crippen LogP contribution is 2.35. The third-order valence-electron chi connectivity index (χ3n) is 6.14. The fourth-order valence-electron chi connectivity index (χ4n) is 4.65. The SMILES string of the molecule is Cc1cc(C)cc(Cc2ccc3c(NCCCNCc4cccc5c4OCO5)ccnc3c2)c1. The second kappa shape index (κ2) is 10.1. The molecule has 3 aromatic carbocycles. The maximum absolute atomic E-state index is 5.58. The van der Waals surface area contributed by atoms with Gasteiger partial charge in [0.2, 0.25) is 6.79 Å². The highest BCUT2D eigenvalue weighted by molar-refractivity contribution is 5.91. The highest BCUT2D eigenvalue weighted by atomic mass is 16.7. The lowest BCUT2D eigenvalue weighted by Gasteiger charge is -2.12. The normalized spacial score (nSPS) is 12.3. The zero-order valence-electron chi connectivity index (χ0n) is 19.9. The van der Waals surface area contributed by atoms with Crippen LogP contribution in [0, 0.1) is 13.8 Å². The van der Waals surface area contributed by atoms with Crippen molar-refractivity contribution in [3.8, 4) is 11.5 Å². The molecule has 34 heavy (non-hydrogen) atoms. The zero-order valence-corrected chi connectivity index (χ0v) is 19.9. The van der Waals surface area contributed by atoms with E-state index in [1.807, 2.05) is 18.3 Å². The van der Waals surface area contributed by atoms with E-state index in [0.717, 1.165) is 66.1 Å². The molecule has 1 aromatic heterocycles. The highest BCUT2D eigenvalue weighted by Gasteiger charge is 2.16. The van der Waals surface area contributed by atoms with E-state index in [-0.39, 0.29) is 0 Å². The van der Waals surface area contributed by atoms with Crippen molar-refractivity contribution >= 4 is 16.6 Å². The molecule has 5 nitrogen and oxygen atoms in total. The van der Waals surface area contributed by atoms with Crippen LogP contribution in [0.2, 0.25) is 0 Å². The maximum atomic E-state index is 5.58. The molecule has 4 aromatic rings. The molecule has 0 amide bonds. The molecule has 5 heteroatoms. The smallest absolute Gasteiger partial charge is 0.231 e. The predicted octanol–water partition coefficient (Wildman–Crippen LogP) is 5.76. The number of rotatable bonds is 9. The number of fused-ring (bicyclic) bond motifs is 2. The summed E-state index contributed by atoms with van der Waals surface area (Å²) in [6.07, 6.45) is 3.83. The summed E-state index contributed by atoms with van der Waals surface area (Å²) in [5.74, 6) is 1.70. The largest absolute Gasteiger partial charge is 0.454 e. The number of hydrogen-bond donors (Lipinski definition) is 2. The summed E-state index contributed by atoms with van der Waals surface area (Å²) in [5.41, 5.74) is 8.56. The lowest BCUT2D eigenvalue weighted by atomic mass is 9.99. The summed E-state index contributed by atoms with van der Waals surface area (Å²) in [5, 5.41) is 8.26. The van der Waals surface area contributed by atoms with Crippen molar-refractivity contribution in [2.24, 2.45) is 0 Å². The number of nitrogens with zero attached hydrogens (tertiary/aromatic N) is 1. The molecule has 0 spiro atoms. The second-order valence-electron chi connectivity index (χ2n) is 8.99. The Labute approximate surface area is 201 Å². The van der Waals surface area contributed by atoms with Crippen LogP contribution in [0.3, 0.4) is 0 Å². The van der Waals surface area contributed by atoms with Crippen molar-refractivity contribution < 1.29 is 9.47 Å². The number of ether oxygens (including phenoxy) is 2. The average Bonchev–Trinajstić information content (AvgIpc) is 3.30. The Morgan fingerprint density at radius 2 is 1.76 bits per heavy atom. The fourth-order valence-corrected chi connectivity index (χ4v) is 4.65. The van der Waals surface area contributed by atoms with Crippen LogP contribution in [-0.4, -0.2) is 24.9 Å².